The zero-order valence-electron chi connectivity index (χ0n) is 20.1. The molecule has 37 heavy (non-hydrogen) atoms. The summed E-state index contributed by atoms with van der Waals surface area (Å²) in [5.41, 5.74) is 5.78. The quantitative estimate of drug-likeness (QED) is 0.232. The highest BCUT2D eigenvalue weighted by Crippen LogP contribution is 2.29. The van der Waals surface area contributed by atoms with Crippen molar-refractivity contribution in [2.24, 2.45) is 0 Å². The van der Waals surface area contributed by atoms with E-state index in [4.69, 9.17) is 0 Å². The van der Waals surface area contributed by atoms with E-state index in [1.807, 2.05) is 61.5 Å². The molecule has 0 aliphatic heterocycles. The molecule has 186 valence electrons. The lowest BCUT2D eigenvalue weighted by molar-refractivity contribution is -0.115. The first kappa shape index (κ1) is 24.3. The number of carbonyl (C=O) groups is 2. The lowest BCUT2D eigenvalue weighted by Gasteiger charge is -2.11. The molecule has 0 spiro atoms. The molecule has 0 bridgehead atoms. The number of hydrogen-bond donors (Lipinski definition) is 4. The maximum atomic E-state index is 13.2. The van der Waals surface area contributed by atoms with Crippen molar-refractivity contribution < 1.29 is 9.59 Å². The van der Waals surface area contributed by atoms with Gasteiger partial charge in [0.05, 0.1) is 29.6 Å². The number of thiol groups is 1. The molecular formula is C27H25N7O2S. The number of anilines is 1. The first-order chi connectivity index (χ1) is 18.0. The third-order valence-electron chi connectivity index (χ3n) is 5.89. The number of fused-ring (bicyclic) bond motifs is 1. The van der Waals surface area contributed by atoms with E-state index in [1.54, 1.807) is 23.0 Å². The monoisotopic (exact) mass is 511 g/mol. The number of carbonyl (C=O) groups excluding carboxylic acids is 2. The fourth-order valence-electron chi connectivity index (χ4n) is 4.07. The lowest BCUT2D eigenvalue weighted by atomic mass is 10.0. The van der Waals surface area contributed by atoms with E-state index < -0.39 is 0 Å². The molecular weight excluding hydrogens is 486 g/mol. The average Bonchev–Trinajstić information content (AvgIpc) is 3.55. The van der Waals surface area contributed by atoms with Crippen molar-refractivity contribution >= 4 is 41.0 Å². The second-order valence-electron chi connectivity index (χ2n) is 8.56. The largest absolute Gasteiger partial charge is 0.346 e. The molecule has 0 saturated carbocycles. The van der Waals surface area contributed by atoms with E-state index in [2.05, 4.69) is 43.8 Å². The van der Waals surface area contributed by atoms with E-state index in [-0.39, 0.29) is 24.8 Å². The molecule has 0 atom stereocenters. The summed E-state index contributed by atoms with van der Waals surface area (Å²) in [4.78, 5) is 25.4. The van der Waals surface area contributed by atoms with Gasteiger partial charge in [0.15, 0.2) is 0 Å². The smallest absolute Gasteiger partial charge is 0.251 e. The van der Waals surface area contributed by atoms with E-state index in [9.17, 15) is 9.59 Å². The SMILES string of the molecule is Cc1ccccc1-n1cc(CNC(=O)c2cc(NC(=O)CCS)cc(-c3n[nH]c4ccccc34)c2)nn1. The summed E-state index contributed by atoms with van der Waals surface area (Å²) in [6.07, 6.45) is 2.05. The van der Waals surface area contributed by atoms with Crippen molar-refractivity contribution in [1.82, 2.24) is 30.5 Å². The third kappa shape index (κ3) is 5.39. The van der Waals surface area contributed by atoms with Gasteiger partial charge in [-0.05, 0) is 48.6 Å². The number of aromatic nitrogens is 5. The maximum Gasteiger partial charge on any atom is 0.251 e. The minimum atomic E-state index is -0.308. The highest BCUT2D eigenvalue weighted by molar-refractivity contribution is 7.80. The van der Waals surface area contributed by atoms with Crippen molar-refractivity contribution in [3.8, 4) is 16.9 Å². The van der Waals surface area contributed by atoms with Crippen LogP contribution in [0.4, 0.5) is 5.69 Å². The fourth-order valence-corrected chi connectivity index (χ4v) is 4.27. The number of rotatable bonds is 8. The number of nitrogens with one attached hydrogen (secondary N) is 3. The van der Waals surface area contributed by atoms with Gasteiger partial charge in [0, 0.05) is 28.6 Å². The number of benzene rings is 3. The number of para-hydroxylation sites is 2. The van der Waals surface area contributed by atoms with Gasteiger partial charge in [-0.3, -0.25) is 14.7 Å². The van der Waals surface area contributed by atoms with Gasteiger partial charge in [-0.15, -0.1) is 5.10 Å². The lowest BCUT2D eigenvalue weighted by Crippen LogP contribution is -2.23. The third-order valence-corrected chi connectivity index (χ3v) is 6.12. The van der Waals surface area contributed by atoms with Crippen molar-refractivity contribution in [2.75, 3.05) is 11.1 Å². The van der Waals surface area contributed by atoms with Crippen LogP contribution in [0, 0.1) is 6.92 Å². The molecule has 0 aliphatic carbocycles. The summed E-state index contributed by atoms with van der Waals surface area (Å²) in [6.45, 7) is 2.20. The van der Waals surface area contributed by atoms with E-state index >= 15 is 0 Å². The first-order valence-electron chi connectivity index (χ1n) is 11.8. The van der Waals surface area contributed by atoms with Crippen LogP contribution < -0.4 is 10.6 Å². The molecule has 2 amide bonds. The van der Waals surface area contributed by atoms with Crippen LogP contribution in [0.15, 0.2) is 72.9 Å². The van der Waals surface area contributed by atoms with Crippen molar-refractivity contribution in [3.05, 3.63) is 89.7 Å². The van der Waals surface area contributed by atoms with Crippen LogP contribution in [0.5, 0.6) is 0 Å². The molecule has 0 aliphatic rings. The van der Waals surface area contributed by atoms with Gasteiger partial charge in [0.1, 0.15) is 5.69 Å². The molecule has 0 fully saturated rings. The summed E-state index contributed by atoms with van der Waals surface area (Å²) in [5, 5.41) is 22.5. The Kier molecular flexibility index (Phi) is 7.00. The van der Waals surface area contributed by atoms with Crippen molar-refractivity contribution in [3.63, 3.8) is 0 Å². The Labute approximate surface area is 218 Å². The van der Waals surface area contributed by atoms with E-state index in [0.717, 1.165) is 22.2 Å². The number of nitrogens with zero attached hydrogens (tertiary/aromatic N) is 4. The predicted molar refractivity (Wildman–Crippen MR) is 146 cm³/mol. The highest BCUT2D eigenvalue weighted by Gasteiger charge is 2.15. The van der Waals surface area contributed by atoms with Gasteiger partial charge in [0.2, 0.25) is 5.91 Å². The summed E-state index contributed by atoms with van der Waals surface area (Å²) >= 11 is 4.13. The van der Waals surface area contributed by atoms with Crippen LogP contribution in [-0.2, 0) is 11.3 Å². The number of amides is 2. The van der Waals surface area contributed by atoms with Crippen LogP contribution in [-0.4, -0.2) is 42.8 Å². The maximum absolute atomic E-state index is 13.2. The van der Waals surface area contributed by atoms with Gasteiger partial charge in [-0.25, -0.2) is 4.68 Å². The molecule has 10 heteroatoms. The minimum absolute atomic E-state index is 0.182. The molecule has 3 aromatic carbocycles. The van der Waals surface area contributed by atoms with Crippen LogP contribution >= 0.6 is 12.6 Å². The number of hydrogen-bond acceptors (Lipinski definition) is 6. The summed E-state index contributed by atoms with van der Waals surface area (Å²) < 4.78 is 1.69. The molecule has 2 heterocycles. The van der Waals surface area contributed by atoms with Crippen molar-refractivity contribution in [1.29, 1.82) is 0 Å². The van der Waals surface area contributed by atoms with E-state index in [0.29, 0.717) is 34.0 Å². The number of H-pyrrole nitrogens is 1. The minimum Gasteiger partial charge on any atom is -0.346 e. The van der Waals surface area contributed by atoms with Gasteiger partial charge in [0.25, 0.3) is 5.91 Å². The molecule has 9 nitrogen and oxygen atoms in total. The van der Waals surface area contributed by atoms with Gasteiger partial charge in [-0.2, -0.15) is 17.7 Å². The molecule has 5 rings (SSSR count). The Morgan fingerprint density at radius 3 is 2.70 bits per heavy atom. The van der Waals surface area contributed by atoms with E-state index in [1.165, 1.54) is 0 Å². The van der Waals surface area contributed by atoms with Crippen molar-refractivity contribution in [2.45, 2.75) is 19.9 Å². The summed E-state index contributed by atoms with van der Waals surface area (Å²) in [6, 6.07) is 20.8. The summed E-state index contributed by atoms with van der Waals surface area (Å²) in [7, 11) is 0. The zero-order chi connectivity index (χ0) is 25.8. The molecule has 0 unspecified atom stereocenters. The Bertz CT molecular complexity index is 1590. The Morgan fingerprint density at radius 1 is 1.05 bits per heavy atom. The van der Waals surface area contributed by atoms with Crippen LogP contribution in [0.2, 0.25) is 0 Å². The number of aromatic amines is 1. The fraction of sp³-hybridized carbons (Fsp3) is 0.148. The second-order valence-corrected chi connectivity index (χ2v) is 9.01. The van der Waals surface area contributed by atoms with Crippen LogP contribution in [0.3, 0.4) is 0 Å². The predicted octanol–water partition coefficient (Wildman–Crippen LogP) is 4.31. The van der Waals surface area contributed by atoms with Crippen LogP contribution in [0.1, 0.15) is 28.0 Å². The topological polar surface area (TPSA) is 118 Å². The molecule has 0 radical (unpaired) electrons. The first-order valence-corrected chi connectivity index (χ1v) is 12.4. The van der Waals surface area contributed by atoms with Gasteiger partial charge >= 0.3 is 0 Å². The van der Waals surface area contributed by atoms with Gasteiger partial charge < -0.3 is 10.6 Å². The normalized spacial score (nSPS) is 11.0. The Morgan fingerprint density at radius 2 is 1.86 bits per heavy atom. The number of aryl methyl sites for hydroxylation is 1. The average molecular weight is 512 g/mol. The van der Waals surface area contributed by atoms with Gasteiger partial charge in [-0.1, -0.05) is 41.6 Å². The Hall–Kier alpha value is -4.44. The highest BCUT2D eigenvalue weighted by atomic mass is 32.1. The van der Waals surface area contributed by atoms with Crippen LogP contribution in [0.25, 0.3) is 27.8 Å². The Balaban J connectivity index is 1.40. The molecule has 5 aromatic rings. The molecule has 2 aromatic heterocycles. The second kappa shape index (κ2) is 10.7. The molecule has 0 saturated heterocycles. The zero-order valence-corrected chi connectivity index (χ0v) is 21.0. The summed E-state index contributed by atoms with van der Waals surface area (Å²) in [5.74, 6) is -0.0680. The standard InChI is InChI=1S/C27H25N7O2S/c1-17-6-2-5-9-24(17)34-16-21(30-33-34)15-28-27(36)19-12-18(13-20(14-19)29-25(35)10-11-37)26-22-7-3-4-8-23(22)31-32-26/h2-9,12-14,16,37H,10-11,15H2,1H3,(H,28,36)(H,29,35)(H,31,32). The molecule has 3 N–H and O–H groups in total.